The highest BCUT2D eigenvalue weighted by Gasteiger charge is 2.78. The van der Waals surface area contributed by atoms with Crippen molar-refractivity contribution in [3.05, 3.63) is 59.0 Å². The van der Waals surface area contributed by atoms with E-state index < -0.39 is 46.0 Å². The van der Waals surface area contributed by atoms with E-state index in [-0.39, 0.29) is 24.9 Å². The Labute approximate surface area is 257 Å². The van der Waals surface area contributed by atoms with Crippen molar-refractivity contribution < 1.29 is 38.4 Å². The summed E-state index contributed by atoms with van der Waals surface area (Å²) in [6.07, 6.45) is 3.84. The molecule has 9 heteroatoms. The van der Waals surface area contributed by atoms with Crippen LogP contribution in [0.25, 0.3) is 10.9 Å². The van der Waals surface area contributed by atoms with Crippen LogP contribution in [0.4, 0.5) is 0 Å². The Hall–Kier alpha value is -2.98. The first kappa shape index (κ1) is 29.7. The maximum Gasteiger partial charge on any atom is 0.334 e. The number of fused-ring (bicyclic) bond motifs is 9. The Morgan fingerprint density at radius 1 is 1.11 bits per heavy atom. The summed E-state index contributed by atoms with van der Waals surface area (Å²) in [4.78, 5) is 29.7. The number of hydrogen-bond donors (Lipinski definition) is 2. The third kappa shape index (κ3) is 3.73. The lowest BCUT2D eigenvalue weighted by Gasteiger charge is -2.67. The van der Waals surface area contributed by atoms with Gasteiger partial charge in [-0.2, -0.15) is 0 Å². The number of ketones is 1. The number of carbonyl (C=O) groups excluding carboxylic acids is 2. The number of hydrogen-bond acceptors (Lipinski definition) is 8. The van der Waals surface area contributed by atoms with E-state index in [1.54, 1.807) is 13.0 Å². The quantitative estimate of drug-likeness (QED) is 0.263. The first-order valence-corrected chi connectivity index (χ1v) is 15.9. The maximum atomic E-state index is 13.6. The molecule has 7 rings (SSSR count). The third-order valence-corrected chi connectivity index (χ3v) is 11.6. The molecule has 236 valence electrons. The fraction of sp³-hybridized carbons (Fsp3) is 0.600. The molecule has 1 spiro atoms. The zero-order valence-electron chi connectivity index (χ0n) is 26.5. The van der Waals surface area contributed by atoms with Crippen LogP contribution in [0.1, 0.15) is 72.1 Å². The molecule has 5 aliphatic rings. The van der Waals surface area contributed by atoms with E-state index in [0.29, 0.717) is 37.2 Å². The van der Waals surface area contributed by atoms with Gasteiger partial charge in [0.15, 0.2) is 17.7 Å². The van der Waals surface area contributed by atoms with Gasteiger partial charge in [-0.05, 0) is 70.6 Å². The van der Waals surface area contributed by atoms with Gasteiger partial charge in [-0.3, -0.25) is 4.79 Å². The molecule has 1 saturated heterocycles. The lowest BCUT2D eigenvalue weighted by atomic mass is 9.41. The van der Waals surface area contributed by atoms with Crippen molar-refractivity contribution in [3.63, 3.8) is 0 Å². The van der Waals surface area contributed by atoms with Crippen LogP contribution in [-0.2, 0) is 45.1 Å². The van der Waals surface area contributed by atoms with Gasteiger partial charge in [0, 0.05) is 39.4 Å². The van der Waals surface area contributed by atoms with Gasteiger partial charge in [-0.15, -0.1) is 0 Å². The number of aromatic amines is 1. The fourth-order valence-electron chi connectivity index (χ4n) is 9.40. The Kier molecular flexibility index (Phi) is 6.59. The largest absolute Gasteiger partial charge is 0.495 e. The summed E-state index contributed by atoms with van der Waals surface area (Å²) in [6, 6.07) is 8.35. The number of H-pyrrole nitrogens is 1. The molecule has 3 heterocycles. The standard InChI is InChI=1S/C35H43NO8/c1-7-40-21(17-28(38)41-8-2)19-42-27-16-20-15-23-22-11-9-10-12-24(22)36-29(23)33(20,6)32(5)13-14-34-26(35(27,32)39)18-25(37)30(43-34)31(3,4)44-34/h9-12,17-18,20,27,30,36,39H,7-8,13-16,19H2,1-6H3/b21-17-/t20-,27+,30+,32-,33-,34?,35+/m1/s1. The molecule has 1 unspecified atom stereocenters. The number of carbonyl (C=O) groups is 2. The first-order valence-electron chi connectivity index (χ1n) is 15.9. The van der Waals surface area contributed by atoms with E-state index in [1.807, 2.05) is 26.8 Å². The van der Waals surface area contributed by atoms with Gasteiger partial charge in [0.05, 0.1) is 25.4 Å². The van der Waals surface area contributed by atoms with Crippen LogP contribution in [0, 0.1) is 11.3 Å². The average molecular weight is 606 g/mol. The highest BCUT2D eigenvalue weighted by molar-refractivity contribution is 5.97. The molecule has 7 atom stereocenters. The molecule has 9 nitrogen and oxygen atoms in total. The van der Waals surface area contributed by atoms with Crippen LogP contribution < -0.4 is 0 Å². The number of benzene rings is 1. The molecule has 3 fully saturated rings. The summed E-state index contributed by atoms with van der Waals surface area (Å²) >= 11 is 0. The highest BCUT2D eigenvalue weighted by atomic mass is 16.8. The van der Waals surface area contributed by atoms with Gasteiger partial charge in [0.1, 0.15) is 23.6 Å². The number of esters is 1. The average Bonchev–Trinajstić information content (AvgIpc) is 3.56. The summed E-state index contributed by atoms with van der Waals surface area (Å²) in [6.45, 7) is 12.3. The van der Waals surface area contributed by atoms with Crippen molar-refractivity contribution in [2.24, 2.45) is 11.3 Å². The van der Waals surface area contributed by atoms with Gasteiger partial charge < -0.3 is 33.8 Å². The second-order valence-corrected chi connectivity index (χ2v) is 14.0. The number of para-hydroxylation sites is 1. The monoisotopic (exact) mass is 605 g/mol. The van der Waals surface area contributed by atoms with Crippen LogP contribution in [0.3, 0.4) is 0 Å². The van der Waals surface area contributed by atoms with E-state index in [9.17, 15) is 14.7 Å². The van der Waals surface area contributed by atoms with Crippen molar-refractivity contribution in [1.82, 2.24) is 4.98 Å². The molecule has 44 heavy (non-hydrogen) atoms. The second-order valence-electron chi connectivity index (χ2n) is 14.0. The molecule has 3 aliphatic carbocycles. The fourth-order valence-corrected chi connectivity index (χ4v) is 9.40. The molecule has 2 saturated carbocycles. The smallest absolute Gasteiger partial charge is 0.334 e. The van der Waals surface area contributed by atoms with E-state index in [2.05, 4.69) is 37.0 Å². The van der Waals surface area contributed by atoms with E-state index in [1.165, 1.54) is 17.0 Å². The van der Waals surface area contributed by atoms with Crippen LogP contribution in [0.15, 0.2) is 47.7 Å². The van der Waals surface area contributed by atoms with Gasteiger partial charge in [-0.25, -0.2) is 4.79 Å². The molecule has 2 N–H and O–H groups in total. The van der Waals surface area contributed by atoms with Crippen LogP contribution in [-0.4, -0.2) is 70.9 Å². The van der Waals surface area contributed by atoms with Gasteiger partial charge in [0.2, 0.25) is 0 Å². The van der Waals surface area contributed by atoms with Crippen LogP contribution in [0.2, 0.25) is 0 Å². The first-order chi connectivity index (χ1) is 20.8. The molecular formula is C35H43NO8. The predicted molar refractivity (Wildman–Crippen MR) is 162 cm³/mol. The zero-order chi connectivity index (χ0) is 31.3. The van der Waals surface area contributed by atoms with Crippen molar-refractivity contribution in [3.8, 4) is 0 Å². The second kappa shape index (κ2) is 9.76. The SMILES string of the molecule is CCOC(=O)/C=C(/CO[C@H]1C[C@H]2Cc3c([nH]c4ccccc34)[C@]2(C)[C@@]2(C)CCC34O[C@@H](C(=O)C=C3[C@]12O)C(C)(C)O4)OCC. The molecule has 2 aliphatic heterocycles. The van der Waals surface area contributed by atoms with Crippen molar-refractivity contribution in [2.45, 2.75) is 102 Å². The molecule has 0 radical (unpaired) electrons. The third-order valence-electron chi connectivity index (χ3n) is 11.6. The number of ether oxygens (including phenoxy) is 5. The molecule has 2 aromatic rings. The molecule has 1 aromatic carbocycles. The van der Waals surface area contributed by atoms with Crippen LogP contribution in [0.5, 0.6) is 0 Å². The Morgan fingerprint density at radius 3 is 2.61 bits per heavy atom. The molecular weight excluding hydrogens is 562 g/mol. The minimum atomic E-state index is -1.64. The Balaban J connectivity index is 1.36. The Morgan fingerprint density at radius 2 is 1.86 bits per heavy atom. The van der Waals surface area contributed by atoms with E-state index >= 15 is 0 Å². The van der Waals surface area contributed by atoms with Gasteiger partial charge in [0.25, 0.3) is 0 Å². The lowest BCUT2D eigenvalue weighted by molar-refractivity contribution is -0.280. The maximum absolute atomic E-state index is 13.6. The number of nitrogens with one attached hydrogen (secondary N) is 1. The topological polar surface area (TPSA) is 116 Å². The summed E-state index contributed by atoms with van der Waals surface area (Å²) in [5.74, 6) is -1.49. The summed E-state index contributed by atoms with van der Waals surface area (Å²) in [5.41, 5.74) is 0.197. The van der Waals surface area contributed by atoms with Crippen molar-refractivity contribution in [1.29, 1.82) is 0 Å². The lowest BCUT2D eigenvalue weighted by Crippen LogP contribution is -2.74. The van der Waals surface area contributed by atoms with E-state index in [0.717, 1.165) is 17.6 Å². The summed E-state index contributed by atoms with van der Waals surface area (Å²) < 4.78 is 30.6. The van der Waals surface area contributed by atoms with E-state index in [4.69, 9.17) is 23.7 Å². The van der Waals surface area contributed by atoms with Crippen molar-refractivity contribution in [2.75, 3.05) is 19.8 Å². The Bertz CT molecular complexity index is 1600. The highest BCUT2D eigenvalue weighted by Crippen LogP contribution is 2.72. The minimum absolute atomic E-state index is 0.0442. The number of rotatable bonds is 7. The number of aromatic nitrogens is 1. The van der Waals surface area contributed by atoms with Crippen molar-refractivity contribution >= 4 is 22.7 Å². The predicted octanol–water partition coefficient (Wildman–Crippen LogP) is 4.80. The minimum Gasteiger partial charge on any atom is -0.495 e. The molecule has 1 aromatic heterocycles. The molecule has 2 bridgehead atoms. The van der Waals surface area contributed by atoms with Gasteiger partial charge >= 0.3 is 5.97 Å². The summed E-state index contributed by atoms with van der Waals surface area (Å²) in [7, 11) is 0. The molecule has 0 amide bonds. The number of aliphatic hydroxyl groups is 1. The normalized spacial score (nSPS) is 38.4. The summed E-state index contributed by atoms with van der Waals surface area (Å²) in [5, 5.41) is 14.7. The van der Waals surface area contributed by atoms with Crippen LogP contribution >= 0.6 is 0 Å². The zero-order valence-corrected chi connectivity index (χ0v) is 26.5. The van der Waals surface area contributed by atoms with Gasteiger partial charge in [-0.1, -0.05) is 32.0 Å².